The first kappa shape index (κ1) is 61.1. The van der Waals surface area contributed by atoms with Gasteiger partial charge in [-0.05, 0) is 71.8 Å². The number of carboxylic acid groups (broad SMARTS) is 1. The van der Waals surface area contributed by atoms with Crippen molar-refractivity contribution in [2.45, 2.75) is 69.1 Å². The number of anilines is 3. The molecule has 1 aromatic heterocycles. The Morgan fingerprint density at radius 3 is 2.08 bits per heavy atom. The molecule has 5 aromatic carbocycles. The lowest BCUT2D eigenvalue weighted by molar-refractivity contribution is -0.955. The highest BCUT2D eigenvalue weighted by Crippen LogP contribution is 2.39. The molecule has 6 amide bonds. The number of carbonyl (C=O) groups is 7. The number of rotatable bonds is 23. The lowest BCUT2D eigenvalue weighted by atomic mass is 9.94. The van der Waals surface area contributed by atoms with E-state index in [1.165, 1.54) is 38.6 Å². The van der Waals surface area contributed by atoms with E-state index >= 15 is 0 Å². The van der Waals surface area contributed by atoms with E-state index in [1.54, 1.807) is 44.6 Å². The minimum Gasteiger partial charge on any atom is -0.493 e. The van der Waals surface area contributed by atoms with Crippen molar-refractivity contribution in [3.8, 4) is 28.7 Å². The molecule has 4 heterocycles. The molecule has 0 saturated carbocycles. The number of carbonyl (C=O) groups excluding carboxylic acids is 6. The van der Waals surface area contributed by atoms with Crippen molar-refractivity contribution >= 4 is 69.4 Å². The topological polar surface area (TPSA) is 346 Å². The Morgan fingerprint density at radius 1 is 0.733 bits per heavy atom. The number of nitrogens with two attached hydrogens (primary N) is 1. The number of aliphatic hydroxyl groups excluding tert-OH is 3. The average molecular weight is 1180 g/mol. The summed E-state index contributed by atoms with van der Waals surface area (Å²) >= 11 is 0. The van der Waals surface area contributed by atoms with Crippen molar-refractivity contribution in [3.63, 3.8) is 0 Å². The Kier molecular flexibility index (Phi) is 18.9. The third kappa shape index (κ3) is 13.5. The number of para-hydroxylation sites is 1. The van der Waals surface area contributed by atoms with E-state index in [0.29, 0.717) is 76.7 Å². The summed E-state index contributed by atoms with van der Waals surface area (Å²) in [5, 5.41) is 53.5. The van der Waals surface area contributed by atoms with Crippen molar-refractivity contribution in [3.05, 3.63) is 149 Å². The van der Waals surface area contributed by atoms with E-state index in [4.69, 9.17) is 34.2 Å². The maximum absolute atomic E-state index is 14.1. The van der Waals surface area contributed by atoms with Crippen LogP contribution in [0.1, 0.15) is 49.4 Å². The molecule has 10 N–H and O–H groups in total. The van der Waals surface area contributed by atoms with Gasteiger partial charge >= 0.3 is 5.97 Å². The fourth-order valence-electron chi connectivity index (χ4n) is 10.6. The van der Waals surface area contributed by atoms with Crippen molar-refractivity contribution in [2.75, 3.05) is 70.6 Å². The van der Waals surface area contributed by atoms with E-state index in [9.17, 15) is 54.0 Å². The molecule has 0 aliphatic carbocycles. The highest BCUT2D eigenvalue weighted by molar-refractivity contribution is 6.15. The molecular formula is C61H65N8O17+. The number of imide groups is 1. The third-order valence-electron chi connectivity index (χ3n) is 15.2. The monoisotopic (exact) mass is 1180 g/mol. The first-order chi connectivity index (χ1) is 41.3. The number of nitrogens with one attached hydrogen (secondary N) is 4. The second-order valence-electron chi connectivity index (χ2n) is 20.8. The van der Waals surface area contributed by atoms with Crippen LogP contribution >= 0.6 is 0 Å². The van der Waals surface area contributed by atoms with E-state index in [0.717, 1.165) is 34.2 Å². The lowest BCUT2D eigenvalue weighted by Gasteiger charge is -2.43. The predicted molar refractivity (Wildman–Crippen MR) is 309 cm³/mol. The van der Waals surface area contributed by atoms with Crippen molar-refractivity contribution in [1.29, 1.82) is 0 Å². The van der Waals surface area contributed by atoms with Gasteiger partial charge in [-0.15, -0.1) is 0 Å². The van der Waals surface area contributed by atoms with Gasteiger partial charge in [-0.25, -0.2) is 4.79 Å². The molecule has 3 aliphatic rings. The summed E-state index contributed by atoms with van der Waals surface area (Å²) in [6.07, 6.45) is -5.43. The summed E-state index contributed by atoms with van der Waals surface area (Å²) in [5.41, 5.74) is 11.2. The van der Waals surface area contributed by atoms with Gasteiger partial charge in [0.25, 0.3) is 23.6 Å². The Morgan fingerprint density at radius 2 is 1.40 bits per heavy atom. The SMILES string of the molecule is COc1cc2c(cc1OC)C[N+](CCc1ccc(NC(=O)c3cc(OC)c(OC)cc3NC(=O)c3cnc4ccccc4c3)cc1)(Cc1ccc(OC3O[C@H](C(=O)O)[C@@H](O)[C@H](O)[C@H]3O)c(NC(=O)CCNC(=O)[C@H](CN)N3C(=O)C=CC3=O)c1)CC2. The number of nitrogens with zero attached hydrogens (tertiary/aromatic N) is 3. The molecule has 450 valence electrons. The van der Waals surface area contributed by atoms with Gasteiger partial charge in [0.2, 0.25) is 18.1 Å². The maximum Gasteiger partial charge on any atom is 0.335 e. The molecule has 2 unspecified atom stereocenters. The lowest BCUT2D eigenvalue weighted by Crippen LogP contribution is -2.61. The summed E-state index contributed by atoms with van der Waals surface area (Å²) in [6, 6.07) is 26.8. The predicted octanol–water partition coefficient (Wildman–Crippen LogP) is 3.06. The normalized spacial score (nSPS) is 20.1. The summed E-state index contributed by atoms with van der Waals surface area (Å²) < 4.78 is 34.3. The van der Waals surface area contributed by atoms with E-state index < -0.39 is 78.2 Å². The molecule has 86 heavy (non-hydrogen) atoms. The molecule has 1 saturated heterocycles. The number of hydrogen-bond acceptors (Lipinski definition) is 18. The first-order valence-corrected chi connectivity index (χ1v) is 27.3. The summed E-state index contributed by atoms with van der Waals surface area (Å²) in [5.74, 6) is -3.98. The molecule has 1 fully saturated rings. The van der Waals surface area contributed by atoms with E-state index in [-0.39, 0.29) is 59.3 Å². The molecule has 0 radical (unpaired) electrons. The zero-order chi connectivity index (χ0) is 61.4. The molecular weight excluding hydrogens is 1120 g/mol. The number of pyridine rings is 1. The number of hydrogen-bond donors (Lipinski definition) is 9. The minimum atomic E-state index is -2.00. The minimum absolute atomic E-state index is 0.0331. The van der Waals surface area contributed by atoms with Gasteiger partial charge in [-0.2, -0.15) is 0 Å². The van der Waals surface area contributed by atoms with Gasteiger partial charge in [0.05, 0.1) is 69.5 Å². The maximum atomic E-state index is 14.1. The summed E-state index contributed by atoms with van der Waals surface area (Å²) in [7, 11) is 6.00. The number of carboxylic acids is 1. The van der Waals surface area contributed by atoms with Crippen LogP contribution in [0.3, 0.4) is 0 Å². The van der Waals surface area contributed by atoms with Crippen LogP contribution in [0.4, 0.5) is 17.1 Å². The Balaban J connectivity index is 0.959. The zero-order valence-corrected chi connectivity index (χ0v) is 47.3. The number of methoxy groups -OCH3 is 4. The van der Waals surface area contributed by atoms with Gasteiger partial charge in [-0.1, -0.05) is 30.3 Å². The number of aromatic nitrogens is 1. The van der Waals surface area contributed by atoms with E-state index in [2.05, 4.69) is 26.3 Å². The Bertz CT molecular complexity index is 3600. The zero-order valence-electron chi connectivity index (χ0n) is 47.3. The average Bonchev–Trinajstić information content (AvgIpc) is 2.45. The van der Waals surface area contributed by atoms with Gasteiger partial charge in [0, 0.05) is 79.0 Å². The molecule has 9 rings (SSSR count). The molecule has 25 nitrogen and oxygen atoms in total. The quantitative estimate of drug-likeness (QED) is 0.0329. The first-order valence-electron chi connectivity index (χ1n) is 27.3. The molecule has 25 heteroatoms. The largest absolute Gasteiger partial charge is 0.493 e. The van der Waals surface area contributed by atoms with Crippen LogP contribution in [0, 0.1) is 0 Å². The van der Waals surface area contributed by atoms with E-state index in [1.807, 2.05) is 48.5 Å². The van der Waals surface area contributed by atoms with Crippen LogP contribution in [0.5, 0.6) is 28.7 Å². The number of aliphatic carboxylic acids is 1. The highest BCUT2D eigenvalue weighted by Gasteiger charge is 2.48. The Labute approximate surface area is 492 Å². The number of ether oxygens (including phenoxy) is 6. The van der Waals surface area contributed by atoms with Crippen LogP contribution < -0.4 is 50.7 Å². The van der Waals surface area contributed by atoms with Gasteiger partial charge in [-0.3, -0.25) is 38.7 Å². The van der Waals surface area contributed by atoms with Crippen LogP contribution in [0.25, 0.3) is 10.9 Å². The molecule has 7 atom stereocenters. The summed E-state index contributed by atoms with van der Waals surface area (Å²) in [6.45, 7) is 1.42. The van der Waals surface area contributed by atoms with Crippen molar-refractivity contribution in [1.82, 2.24) is 15.2 Å². The fourth-order valence-corrected chi connectivity index (χ4v) is 10.6. The number of benzene rings is 5. The Hall–Kier alpha value is -9.50. The molecule has 0 bridgehead atoms. The molecule has 6 aromatic rings. The number of fused-ring (bicyclic) bond motifs is 2. The highest BCUT2D eigenvalue weighted by atomic mass is 16.7. The number of quaternary nitrogens is 1. The smallest absolute Gasteiger partial charge is 0.335 e. The number of amides is 6. The summed E-state index contributed by atoms with van der Waals surface area (Å²) in [4.78, 5) is 96.4. The van der Waals surface area contributed by atoms with Crippen LogP contribution in [0.2, 0.25) is 0 Å². The van der Waals surface area contributed by atoms with Crippen molar-refractivity contribution in [2.24, 2.45) is 5.73 Å². The second kappa shape index (κ2) is 26.6. The third-order valence-corrected chi connectivity index (χ3v) is 15.2. The van der Waals surface area contributed by atoms with Crippen molar-refractivity contribution < 1.29 is 86.9 Å². The van der Waals surface area contributed by atoms with Gasteiger partial charge in [0.1, 0.15) is 43.2 Å². The van der Waals surface area contributed by atoms with Crippen LogP contribution in [-0.2, 0) is 54.6 Å². The molecule has 3 aliphatic heterocycles. The fraction of sp³-hybridized carbons (Fsp3) is 0.311. The van der Waals surface area contributed by atoms with Crippen LogP contribution in [0.15, 0.2) is 115 Å². The second-order valence-corrected chi connectivity index (χ2v) is 20.8. The van der Waals surface area contributed by atoms with Crippen LogP contribution in [-0.4, -0.2) is 168 Å². The molecule has 0 spiro atoms. The van der Waals surface area contributed by atoms with Gasteiger partial charge < -0.3 is 80.3 Å². The van der Waals surface area contributed by atoms with Gasteiger partial charge in [0.15, 0.2) is 29.1 Å². The standard InChI is InChI=1S/C61H64N8O17/c1-81-46-25-35-19-22-69(32-38(35)26-47(46)82-2,21-18-33-9-12-39(13-10-33)65-58(77)40-27-48(83-3)49(84-4)28-42(40)67-57(76)37-24-36-7-5-6-8-41(36)64-30-37)31-34-11-14-45(85-61-55(75)53(73)54(74)56(86-61)60(79)80)43(23-34)66-50(70)17-20-63-59(78)44(29-62)68-51(71)15-16-52(68)72/h5-16,23-28,30,44,53-56,61,73-75H,17-22,29,31-32,62H2,1-4H3,(H4-,63,65,66,67,70,76,77,78,79,80)/p+1/t44-,53-,54-,55+,56-,61?,69?/m0/s1. The number of aliphatic hydroxyl groups is 3.